The minimum Gasteiger partial charge on any atom is -0.361 e. The zero-order valence-electron chi connectivity index (χ0n) is 11.6. The number of H-pyrrole nitrogens is 1. The molecule has 2 rings (SSSR count). The zero-order valence-corrected chi connectivity index (χ0v) is 10.6. The number of imidazole rings is 1. The average molecular weight is 233 g/mol. The van der Waals surface area contributed by atoms with E-state index in [1.807, 2.05) is 0 Å². The second-order valence-corrected chi connectivity index (χ2v) is 5.31. The molecule has 0 radical (unpaired) electrons. The van der Waals surface area contributed by atoms with E-state index in [4.69, 9.17) is 1.37 Å². The van der Waals surface area contributed by atoms with E-state index in [2.05, 4.69) is 48.0 Å². The van der Waals surface area contributed by atoms with Gasteiger partial charge in [0.25, 0.3) is 0 Å². The summed E-state index contributed by atoms with van der Waals surface area (Å²) in [5.74, 6) is 0. The van der Waals surface area contributed by atoms with Crippen LogP contribution in [-0.4, -0.2) is 23.1 Å². The van der Waals surface area contributed by atoms with Crippen molar-refractivity contribution in [1.82, 2.24) is 20.6 Å². The predicted molar refractivity (Wildman–Crippen MR) is 70.4 cm³/mol. The van der Waals surface area contributed by atoms with Crippen LogP contribution in [0.15, 0.2) is 24.3 Å². The number of aromatic amines is 1. The van der Waals surface area contributed by atoms with Crippen LogP contribution in [-0.2, 0) is 5.41 Å². The molecule has 1 fully saturated rings. The molecule has 1 aromatic heterocycles. The van der Waals surface area contributed by atoms with Gasteiger partial charge in [0, 0.05) is 29.9 Å². The summed E-state index contributed by atoms with van der Waals surface area (Å²) in [4.78, 5) is 7.41. The number of piperazine rings is 1. The molecule has 0 unspecified atom stereocenters. The van der Waals surface area contributed by atoms with Crippen LogP contribution >= 0.6 is 0 Å². The van der Waals surface area contributed by atoms with Crippen molar-refractivity contribution in [3.63, 3.8) is 0 Å². The van der Waals surface area contributed by atoms with Crippen LogP contribution in [0.25, 0.3) is 6.05 Å². The molecule has 1 aromatic rings. The number of rotatable bonds is 1. The molecular formula is C13H20N4. The minimum atomic E-state index is -0.0820. The molecule has 0 atom stereocenters. The highest BCUT2D eigenvalue weighted by molar-refractivity contribution is 5.53. The van der Waals surface area contributed by atoms with Gasteiger partial charge in [0.05, 0.1) is 19.1 Å². The Labute approximate surface area is 104 Å². The fraction of sp³-hybridized carbons (Fsp3) is 0.462. The van der Waals surface area contributed by atoms with Crippen molar-refractivity contribution in [2.45, 2.75) is 26.2 Å². The Morgan fingerprint density at radius 2 is 2.24 bits per heavy atom. The number of aromatic nitrogens is 2. The van der Waals surface area contributed by atoms with Crippen LogP contribution in [0.5, 0.6) is 0 Å². The molecular weight excluding hydrogens is 212 g/mol. The first-order valence-corrected chi connectivity index (χ1v) is 5.79. The van der Waals surface area contributed by atoms with Gasteiger partial charge in [0.2, 0.25) is 0 Å². The van der Waals surface area contributed by atoms with E-state index >= 15 is 0 Å². The molecule has 0 spiro atoms. The molecule has 1 aliphatic rings. The van der Waals surface area contributed by atoms with Crippen molar-refractivity contribution in [1.29, 1.82) is 0 Å². The lowest BCUT2D eigenvalue weighted by Crippen LogP contribution is -2.35. The van der Waals surface area contributed by atoms with Crippen LogP contribution < -0.4 is 10.6 Å². The fourth-order valence-electron chi connectivity index (χ4n) is 1.82. The normalized spacial score (nSPS) is 20.9. The molecule has 1 aliphatic heterocycles. The molecule has 4 nitrogen and oxygen atoms in total. The molecule has 3 N–H and O–H groups in total. The maximum atomic E-state index is 8.30. The molecule has 1 saturated heterocycles. The summed E-state index contributed by atoms with van der Waals surface area (Å²) < 4.78 is 8.30. The van der Waals surface area contributed by atoms with Gasteiger partial charge < -0.3 is 15.6 Å². The van der Waals surface area contributed by atoms with Gasteiger partial charge in [-0.1, -0.05) is 27.4 Å². The van der Waals surface area contributed by atoms with Gasteiger partial charge in [-0.2, -0.15) is 0 Å². The highest BCUT2D eigenvalue weighted by Crippen LogP contribution is 2.24. The highest BCUT2D eigenvalue weighted by Gasteiger charge is 2.20. The average Bonchev–Trinajstić information content (AvgIpc) is 2.76. The van der Waals surface area contributed by atoms with E-state index in [-0.39, 0.29) is 5.41 Å². The molecule has 0 amide bonds. The summed E-state index contributed by atoms with van der Waals surface area (Å²) in [6.45, 7) is 11.6. The summed E-state index contributed by atoms with van der Waals surface area (Å²) in [5.41, 5.74) is 3.33. The SMILES string of the molecule is [2H]C(=C1CNCC(=C)N1)c1[nH]cnc1C(C)(C)C. The minimum absolute atomic E-state index is 0.0820. The van der Waals surface area contributed by atoms with Gasteiger partial charge in [-0.25, -0.2) is 4.98 Å². The van der Waals surface area contributed by atoms with Crippen LogP contribution in [0, 0.1) is 0 Å². The van der Waals surface area contributed by atoms with Crippen molar-refractivity contribution >= 4 is 6.05 Å². The Hall–Kier alpha value is -1.55. The lowest BCUT2D eigenvalue weighted by molar-refractivity contribution is 0.571. The van der Waals surface area contributed by atoms with Crippen molar-refractivity contribution in [2.24, 2.45) is 0 Å². The second-order valence-electron chi connectivity index (χ2n) is 5.31. The van der Waals surface area contributed by atoms with Crippen LogP contribution in [0.2, 0.25) is 0 Å². The zero-order chi connectivity index (χ0) is 13.3. The van der Waals surface area contributed by atoms with Crippen molar-refractivity contribution in [3.05, 3.63) is 35.7 Å². The largest absolute Gasteiger partial charge is 0.361 e. The monoisotopic (exact) mass is 233 g/mol. The van der Waals surface area contributed by atoms with E-state index in [9.17, 15) is 0 Å². The summed E-state index contributed by atoms with van der Waals surface area (Å²) in [6, 6.07) is 0.450. The quantitative estimate of drug-likeness (QED) is 0.692. The Morgan fingerprint density at radius 3 is 2.88 bits per heavy atom. The third-order valence-electron chi connectivity index (χ3n) is 2.59. The number of hydrogen-bond acceptors (Lipinski definition) is 3. The van der Waals surface area contributed by atoms with Gasteiger partial charge in [-0.15, -0.1) is 0 Å². The topological polar surface area (TPSA) is 52.7 Å². The van der Waals surface area contributed by atoms with E-state index in [0.29, 0.717) is 12.6 Å². The molecule has 0 aliphatic carbocycles. The van der Waals surface area contributed by atoms with E-state index < -0.39 is 0 Å². The molecule has 92 valence electrons. The molecule has 0 saturated carbocycles. The van der Waals surface area contributed by atoms with Gasteiger partial charge in [-0.3, -0.25) is 0 Å². The van der Waals surface area contributed by atoms with E-state index in [1.54, 1.807) is 6.33 Å². The van der Waals surface area contributed by atoms with Gasteiger partial charge >= 0.3 is 0 Å². The summed E-state index contributed by atoms with van der Waals surface area (Å²) in [5, 5.41) is 6.38. The third kappa shape index (κ3) is 2.77. The van der Waals surface area contributed by atoms with Crippen molar-refractivity contribution in [2.75, 3.05) is 13.1 Å². The Kier molecular flexibility index (Phi) is 2.73. The molecule has 17 heavy (non-hydrogen) atoms. The lowest BCUT2D eigenvalue weighted by atomic mass is 9.90. The maximum absolute atomic E-state index is 8.30. The van der Waals surface area contributed by atoms with Crippen LogP contribution in [0.1, 0.15) is 33.5 Å². The van der Waals surface area contributed by atoms with Crippen LogP contribution in [0.3, 0.4) is 0 Å². The summed E-state index contributed by atoms with van der Waals surface area (Å²) in [7, 11) is 0. The summed E-state index contributed by atoms with van der Waals surface area (Å²) in [6.07, 6.45) is 1.65. The molecule has 2 heterocycles. The Balaban J connectivity index is 2.39. The highest BCUT2D eigenvalue weighted by atomic mass is 15.0. The molecule has 0 aromatic carbocycles. The van der Waals surface area contributed by atoms with Crippen molar-refractivity contribution in [3.8, 4) is 0 Å². The van der Waals surface area contributed by atoms with E-state index in [0.717, 1.165) is 29.3 Å². The number of nitrogens with one attached hydrogen (secondary N) is 3. The van der Waals surface area contributed by atoms with Crippen molar-refractivity contribution < 1.29 is 1.37 Å². The maximum Gasteiger partial charge on any atom is 0.0928 e. The summed E-state index contributed by atoms with van der Waals surface area (Å²) >= 11 is 0. The van der Waals surface area contributed by atoms with Gasteiger partial charge in [-0.05, 0) is 6.05 Å². The van der Waals surface area contributed by atoms with Gasteiger partial charge in [0.15, 0.2) is 0 Å². The number of nitrogens with zero attached hydrogens (tertiary/aromatic N) is 1. The first-order valence-electron chi connectivity index (χ1n) is 6.29. The smallest absolute Gasteiger partial charge is 0.0928 e. The lowest BCUT2D eigenvalue weighted by Gasteiger charge is -2.21. The molecule has 4 heteroatoms. The third-order valence-corrected chi connectivity index (χ3v) is 2.59. The first-order chi connectivity index (χ1) is 8.39. The Bertz CT molecular complexity index is 493. The molecule has 0 bridgehead atoms. The predicted octanol–water partition coefficient (Wildman–Crippen LogP) is 1.75. The fourth-order valence-corrected chi connectivity index (χ4v) is 1.82. The van der Waals surface area contributed by atoms with Gasteiger partial charge in [0.1, 0.15) is 0 Å². The van der Waals surface area contributed by atoms with Crippen LogP contribution in [0.4, 0.5) is 0 Å². The Morgan fingerprint density at radius 1 is 1.47 bits per heavy atom. The standard InChI is InChI=1S/C13H20N4/c1-9-6-14-7-10(17-9)5-11-12(13(2,3)4)16-8-15-11/h5,8,14,17H,1,6-7H2,2-4H3,(H,15,16)/i5D. The number of hydrogen-bond donors (Lipinski definition) is 3. The second kappa shape index (κ2) is 4.37. The van der Waals surface area contributed by atoms with E-state index in [1.165, 1.54) is 0 Å². The first kappa shape index (κ1) is 10.6.